The van der Waals surface area contributed by atoms with Crippen LogP contribution in [0.1, 0.15) is 37.5 Å². The van der Waals surface area contributed by atoms with E-state index in [9.17, 15) is 4.79 Å². The molecule has 0 aliphatic carbocycles. The fourth-order valence-corrected chi connectivity index (χ4v) is 4.19. The second-order valence-electron chi connectivity index (χ2n) is 6.17. The maximum absolute atomic E-state index is 12.3. The second-order valence-corrected chi connectivity index (χ2v) is 7.89. The summed E-state index contributed by atoms with van der Waals surface area (Å²) < 4.78 is 0.680. The van der Waals surface area contributed by atoms with Gasteiger partial charge in [-0.15, -0.1) is 11.3 Å². The number of nitrogens with zero attached hydrogens (tertiary/aromatic N) is 5. The summed E-state index contributed by atoms with van der Waals surface area (Å²) in [5, 5.41) is 18.1. The molecule has 2 aliphatic rings. The Morgan fingerprint density at radius 1 is 1.58 bits per heavy atom. The first-order valence-corrected chi connectivity index (χ1v) is 9.94. The molecule has 1 N–H and O–H groups in total. The van der Waals surface area contributed by atoms with Gasteiger partial charge in [0.25, 0.3) is 0 Å². The molecule has 1 aromatic heterocycles. The predicted molar refractivity (Wildman–Crippen MR) is 103 cm³/mol. The Morgan fingerprint density at radius 2 is 2.42 bits per heavy atom. The van der Waals surface area contributed by atoms with E-state index in [0.717, 1.165) is 36.4 Å². The molecule has 1 aromatic rings. The number of halogens is 1. The van der Waals surface area contributed by atoms with Gasteiger partial charge in [-0.25, -0.2) is 5.01 Å². The molecule has 1 unspecified atom stereocenters. The van der Waals surface area contributed by atoms with Crippen molar-refractivity contribution in [1.29, 1.82) is 5.26 Å². The minimum Gasteiger partial charge on any atom is -0.332 e. The van der Waals surface area contributed by atoms with Crippen molar-refractivity contribution in [2.75, 3.05) is 19.6 Å². The summed E-state index contributed by atoms with van der Waals surface area (Å²) in [5.74, 6) is 0.570. The third-order valence-electron chi connectivity index (χ3n) is 4.39. The molecule has 1 atom stereocenters. The molecule has 3 heterocycles. The zero-order valence-electron chi connectivity index (χ0n) is 14.6. The molecule has 1 fully saturated rings. The summed E-state index contributed by atoms with van der Waals surface area (Å²) in [7, 11) is 0. The highest BCUT2D eigenvalue weighted by Gasteiger charge is 2.39. The molecule has 26 heavy (non-hydrogen) atoms. The third-order valence-corrected chi connectivity index (χ3v) is 5.64. The smallest absolute Gasteiger partial charge is 0.228 e. The van der Waals surface area contributed by atoms with Gasteiger partial charge >= 0.3 is 0 Å². The van der Waals surface area contributed by atoms with E-state index in [2.05, 4.69) is 17.2 Å². The molecule has 1 amide bonds. The van der Waals surface area contributed by atoms with Crippen LogP contribution in [0.25, 0.3) is 0 Å². The van der Waals surface area contributed by atoms with Crippen LogP contribution >= 0.6 is 22.9 Å². The van der Waals surface area contributed by atoms with Crippen molar-refractivity contribution < 1.29 is 4.79 Å². The van der Waals surface area contributed by atoms with E-state index >= 15 is 0 Å². The van der Waals surface area contributed by atoms with Gasteiger partial charge in [0.15, 0.2) is 6.19 Å². The lowest BCUT2D eigenvalue weighted by Crippen LogP contribution is -2.45. The topological polar surface area (TPSA) is 84.1 Å². The lowest BCUT2D eigenvalue weighted by Gasteiger charge is -2.25. The van der Waals surface area contributed by atoms with Gasteiger partial charge in [0.2, 0.25) is 11.9 Å². The van der Waals surface area contributed by atoms with E-state index in [1.54, 1.807) is 5.01 Å². The molecule has 1 saturated heterocycles. The summed E-state index contributed by atoms with van der Waals surface area (Å²) in [6.45, 7) is 3.92. The number of rotatable bonds is 5. The SMILES string of the molecule is CCCCN=C(NC#N)N1CC(N2CCCC2=O)C(c2ccc(Cl)s2)=N1. The maximum atomic E-state index is 12.3. The lowest BCUT2D eigenvalue weighted by atomic mass is 10.1. The van der Waals surface area contributed by atoms with E-state index in [-0.39, 0.29) is 11.9 Å². The number of aliphatic imine (C=N–C) groups is 1. The van der Waals surface area contributed by atoms with Crippen LogP contribution < -0.4 is 5.32 Å². The zero-order valence-corrected chi connectivity index (χ0v) is 16.2. The van der Waals surface area contributed by atoms with E-state index in [1.807, 2.05) is 23.2 Å². The normalized spacial score (nSPS) is 20.5. The fourth-order valence-electron chi connectivity index (χ4n) is 3.11. The Morgan fingerprint density at radius 3 is 3.04 bits per heavy atom. The van der Waals surface area contributed by atoms with E-state index < -0.39 is 0 Å². The van der Waals surface area contributed by atoms with Crippen LogP contribution in [-0.2, 0) is 4.79 Å². The molecular formula is C17H21ClN6OS. The lowest BCUT2D eigenvalue weighted by molar-refractivity contribution is -0.128. The Balaban J connectivity index is 1.90. The number of carbonyl (C=O) groups is 1. The fraction of sp³-hybridized carbons (Fsp3) is 0.529. The van der Waals surface area contributed by atoms with Gasteiger partial charge in [-0.05, 0) is 25.0 Å². The standard InChI is InChI=1S/C17H21ClN6OS/c1-2-3-8-20-17(21-11-19)24-10-12(23-9-4-5-15(23)25)16(22-24)13-6-7-14(18)26-13/h6-7,12H,2-5,8-10H2,1H3,(H,20,21). The molecule has 2 aliphatic heterocycles. The van der Waals surface area contributed by atoms with E-state index in [0.29, 0.717) is 29.8 Å². The molecule has 0 radical (unpaired) electrons. The van der Waals surface area contributed by atoms with Gasteiger partial charge in [-0.2, -0.15) is 10.4 Å². The first-order valence-electron chi connectivity index (χ1n) is 8.74. The number of likely N-dealkylation sites (tertiary alicyclic amines) is 1. The first kappa shape index (κ1) is 18.7. The van der Waals surface area contributed by atoms with Crippen molar-refractivity contribution >= 4 is 40.5 Å². The Kier molecular flexibility index (Phi) is 6.12. The summed E-state index contributed by atoms with van der Waals surface area (Å²) in [4.78, 5) is 19.6. The first-order chi connectivity index (χ1) is 12.6. The van der Waals surface area contributed by atoms with Gasteiger partial charge in [0.05, 0.1) is 21.8 Å². The summed E-state index contributed by atoms with van der Waals surface area (Å²) in [6.07, 6.45) is 5.33. The van der Waals surface area contributed by atoms with Crippen LogP contribution in [-0.4, -0.2) is 53.2 Å². The minimum atomic E-state index is -0.156. The number of thiophene rings is 1. The Labute approximate surface area is 161 Å². The van der Waals surface area contributed by atoms with Gasteiger partial charge in [0, 0.05) is 19.5 Å². The predicted octanol–water partition coefficient (Wildman–Crippen LogP) is 2.64. The zero-order chi connectivity index (χ0) is 18.5. The van der Waals surface area contributed by atoms with Crippen molar-refractivity contribution in [1.82, 2.24) is 15.2 Å². The van der Waals surface area contributed by atoms with Crippen LogP contribution in [0.15, 0.2) is 22.2 Å². The van der Waals surface area contributed by atoms with Gasteiger partial charge in [-0.3, -0.25) is 15.1 Å². The summed E-state index contributed by atoms with van der Waals surface area (Å²) >= 11 is 7.54. The number of hydrogen-bond acceptors (Lipinski definition) is 5. The van der Waals surface area contributed by atoms with Gasteiger partial charge in [-0.1, -0.05) is 24.9 Å². The molecule has 138 valence electrons. The van der Waals surface area contributed by atoms with Crippen LogP contribution in [0.5, 0.6) is 0 Å². The molecular weight excluding hydrogens is 372 g/mol. The summed E-state index contributed by atoms with van der Waals surface area (Å²) in [6, 6.07) is 3.60. The maximum Gasteiger partial charge on any atom is 0.228 e. The van der Waals surface area contributed by atoms with Crippen LogP contribution in [0.2, 0.25) is 4.34 Å². The summed E-state index contributed by atoms with van der Waals surface area (Å²) in [5.41, 5.74) is 0.806. The molecule has 3 rings (SSSR count). The van der Waals surface area contributed by atoms with E-state index in [1.165, 1.54) is 11.3 Å². The Bertz CT molecular complexity index is 768. The number of nitriles is 1. The van der Waals surface area contributed by atoms with E-state index in [4.69, 9.17) is 22.0 Å². The highest BCUT2D eigenvalue weighted by molar-refractivity contribution is 7.18. The largest absolute Gasteiger partial charge is 0.332 e. The number of unbranched alkanes of at least 4 members (excludes halogenated alkanes) is 1. The monoisotopic (exact) mass is 392 g/mol. The van der Waals surface area contributed by atoms with Gasteiger partial charge in [0.1, 0.15) is 5.71 Å². The van der Waals surface area contributed by atoms with Gasteiger partial charge < -0.3 is 4.90 Å². The van der Waals surface area contributed by atoms with Crippen LogP contribution in [0, 0.1) is 11.5 Å². The number of hydrazone groups is 1. The van der Waals surface area contributed by atoms with Crippen molar-refractivity contribution in [3.63, 3.8) is 0 Å². The second kappa shape index (κ2) is 8.52. The molecule has 9 heteroatoms. The minimum absolute atomic E-state index is 0.143. The average Bonchev–Trinajstić information content (AvgIpc) is 3.33. The molecule has 0 aromatic carbocycles. The van der Waals surface area contributed by atoms with Crippen molar-refractivity contribution in [2.45, 2.75) is 38.6 Å². The van der Waals surface area contributed by atoms with Crippen LogP contribution in [0.3, 0.4) is 0 Å². The van der Waals surface area contributed by atoms with Crippen molar-refractivity contribution in [3.05, 3.63) is 21.3 Å². The van der Waals surface area contributed by atoms with Crippen molar-refractivity contribution in [2.24, 2.45) is 10.1 Å². The number of amides is 1. The highest BCUT2D eigenvalue weighted by Crippen LogP contribution is 2.29. The highest BCUT2D eigenvalue weighted by atomic mass is 35.5. The molecule has 0 bridgehead atoms. The molecule has 7 nitrogen and oxygen atoms in total. The molecule has 0 spiro atoms. The van der Waals surface area contributed by atoms with Crippen LogP contribution in [0.4, 0.5) is 0 Å². The molecule has 0 saturated carbocycles. The number of carbonyl (C=O) groups excluding carboxylic acids is 1. The number of guanidine groups is 1. The Hall–Kier alpha value is -2.11. The number of hydrogen-bond donors (Lipinski definition) is 1. The average molecular weight is 393 g/mol. The quantitative estimate of drug-likeness (QED) is 0.274. The van der Waals surface area contributed by atoms with Crippen molar-refractivity contribution in [3.8, 4) is 6.19 Å². The number of nitrogens with one attached hydrogen (secondary N) is 1. The third kappa shape index (κ3) is 4.00.